The minimum absolute atomic E-state index is 0.0800. The molecule has 1 aliphatic rings. The van der Waals surface area contributed by atoms with E-state index in [4.69, 9.17) is 0 Å². The van der Waals surface area contributed by atoms with Crippen molar-refractivity contribution in [1.82, 2.24) is 20.4 Å². The van der Waals surface area contributed by atoms with E-state index in [1.165, 1.54) is 12.0 Å². The first-order chi connectivity index (χ1) is 11.6. The first kappa shape index (κ1) is 16.6. The van der Waals surface area contributed by atoms with Crippen LogP contribution >= 0.6 is 0 Å². The van der Waals surface area contributed by atoms with Gasteiger partial charge in [-0.1, -0.05) is 30.3 Å². The van der Waals surface area contributed by atoms with E-state index in [1.54, 1.807) is 6.20 Å². The number of urea groups is 1. The topological polar surface area (TPSA) is 59.0 Å². The third kappa shape index (κ3) is 4.16. The monoisotopic (exact) mass is 326 g/mol. The van der Waals surface area contributed by atoms with Crippen LogP contribution in [0.15, 0.2) is 36.5 Å². The molecule has 1 aromatic carbocycles. The fraction of sp³-hybridized carbons (Fsp3) is 0.474. The van der Waals surface area contributed by atoms with Crippen molar-refractivity contribution >= 4 is 6.03 Å². The quantitative estimate of drug-likeness (QED) is 0.887. The molecule has 1 saturated carbocycles. The van der Waals surface area contributed by atoms with Crippen LogP contribution in [0.25, 0.3) is 0 Å². The van der Waals surface area contributed by atoms with Crippen molar-refractivity contribution in [3.05, 3.63) is 53.3 Å². The molecule has 0 saturated heterocycles. The molecule has 2 amide bonds. The highest BCUT2D eigenvalue weighted by atomic mass is 16.2. The summed E-state index contributed by atoms with van der Waals surface area (Å²) in [6.07, 6.45) is 6.23. The molecule has 0 unspecified atom stereocenters. The van der Waals surface area contributed by atoms with Gasteiger partial charge in [-0.05, 0) is 44.1 Å². The molecule has 24 heavy (non-hydrogen) atoms. The number of aryl methyl sites for hydroxylation is 1. The van der Waals surface area contributed by atoms with Crippen LogP contribution in [-0.2, 0) is 20.0 Å². The Hall–Kier alpha value is -2.30. The van der Waals surface area contributed by atoms with E-state index in [0.717, 1.165) is 30.5 Å². The van der Waals surface area contributed by atoms with Crippen molar-refractivity contribution in [2.24, 2.45) is 13.0 Å². The van der Waals surface area contributed by atoms with E-state index >= 15 is 0 Å². The van der Waals surface area contributed by atoms with E-state index < -0.39 is 0 Å². The lowest BCUT2D eigenvalue weighted by atomic mass is 9.98. The summed E-state index contributed by atoms with van der Waals surface area (Å²) in [5.41, 5.74) is 3.53. The zero-order valence-electron chi connectivity index (χ0n) is 14.5. The average molecular weight is 326 g/mol. The molecule has 1 aliphatic carbocycles. The van der Waals surface area contributed by atoms with Crippen LogP contribution in [0.1, 0.15) is 36.1 Å². The minimum atomic E-state index is -0.0800. The van der Waals surface area contributed by atoms with Gasteiger partial charge in [-0.15, -0.1) is 0 Å². The Bertz CT molecular complexity index is 680. The Morgan fingerprint density at radius 2 is 2.08 bits per heavy atom. The van der Waals surface area contributed by atoms with Gasteiger partial charge in [0.15, 0.2) is 0 Å². The maximum Gasteiger partial charge on any atom is 0.315 e. The van der Waals surface area contributed by atoms with Crippen LogP contribution in [0, 0.1) is 12.8 Å². The van der Waals surface area contributed by atoms with Gasteiger partial charge in [0, 0.05) is 30.9 Å². The zero-order chi connectivity index (χ0) is 16.9. The van der Waals surface area contributed by atoms with E-state index in [0.29, 0.717) is 12.5 Å². The van der Waals surface area contributed by atoms with Gasteiger partial charge < -0.3 is 10.6 Å². The lowest BCUT2D eigenvalue weighted by molar-refractivity contribution is 0.236. The van der Waals surface area contributed by atoms with Gasteiger partial charge in [-0.25, -0.2) is 4.79 Å². The number of rotatable bonds is 5. The van der Waals surface area contributed by atoms with E-state index in [9.17, 15) is 4.79 Å². The largest absolute Gasteiger partial charge is 0.335 e. The van der Waals surface area contributed by atoms with E-state index in [-0.39, 0.29) is 12.1 Å². The first-order valence-electron chi connectivity index (χ1n) is 8.67. The molecular weight excluding hydrogens is 300 g/mol. The highest BCUT2D eigenvalue weighted by Crippen LogP contribution is 2.28. The number of amides is 2. The second kappa shape index (κ2) is 7.51. The number of carbonyl (C=O) groups excluding carboxylic acids is 1. The fourth-order valence-electron chi connectivity index (χ4n) is 3.47. The van der Waals surface area contributed by atoms with Gasteiger partial charge >= 0.3 is 6.03 Å². The molecular formula is C19H26N4O. The van der Waals surface area contributed by atoms with Gasteiger partial charge in [0.25, 0.3) is 0 Å². The Kier molecular flexibility index (Phi) is 5.18. The predicted octanol–water partition coefficient (Wildman–Crippen LogP) is 2.94. The number of nitrogens with zero attached hydrogens (tertiary/aromatic N) is 2. The van der Waals surface area contributed by atoms with Crippen molar-refractivity contribution in [2.75, 3.05) is 0 Å². The molecule has 0 bridgehead atoms. The van der Waals surface area contributed by atoms with Gasteiger partial charge in [0.1, 0.15) is 0 Å². The van der Waals surface area contributed by atoms with E-state index in [2.05, 4.69) is 46.1 Å². The molecule has 2 N–H and O–H groups in total. The predicted molar refractivity (Wildman–Crippen MR) is 94.6 cm³/mol. The van der Waals surface area contributed by atoms with Crippen molar-refractivity contribution in [1.29, 1.82) is 0 Å². The second-order valence-electron chi connectivity index (χ2n) is 6.77. The molecule has 0 radical (unpaired) electrons. The van der Waals surface area contributed by atoms with Crippen LogP contribution in [0.4, 0.5) is 4.79 Å². The molecule has 1 aromatic heterocycles. The molecule has 5 nitrogen and oxygen atoms in total. The molecule has 1 heterocycles. The molecule has 1 fully saturated rings. The average Bonchev–Trinajstić information content (AvgIpc) is 3.14. The van der Waals surface area contributed by atoms with Crippen LogP contribution in [0.2, 0.25) is 0 Å². The summed E-state index contributed by atoms with van der Waals surface area (Å²) < 4.78 is 1.82. The summed E-state index contributed by atoms with van der Waals surface area (Å²) in [5, 5.41) is 10.2. The maximum absolute atomic E-state index is 12.1. The Labute approximate surface area is 143 Å². The molecule has 2 atom stereocenters. The van der Waals surface area contributed by atoms with Crippen molar-refractivity contribution in [3.63, 3.8) is 0 Å². The summed E-state index contributed by atoms with van der Waals surface area (Å²) in [4.78, 5) is 12.1. The first-order valence-corrected chi connectivity index (χ1v) is 8.67. The summed E-state index contributed by atoms with van der Waals surface area (Å²) in [5.74, 6) is 0.665. The number of nitrogens with one attached hydrogen (secondary N) is 2. The number of hydrogen-bond donors (Lipinski definition) is 2. The van der Waals surface area contributed by atoms with Crippen molar-refractivity contribution < 1.29 is 4.79 Å². The Morgan fingerprint density at radius 3 is 2.79 bits per heavy atom. The highest BCUT2D eigenvalue weighted by molar-refractivity contribution is 5.74. The fourth-order valence-corrected chi connectivity index (χ4v) is 3.47. The standard InChI is InChI=1S/C19H26N4O/c1-14-17(13-21-23(14)2)12-20-19(24)22-18-9-8-16(11-18)10-15-6-4-3-5-7-15/h3-7,13,16,18H,8-12H2,1-2H3,(H2,20,22,24)/t16-,18+/m1/s1. The van der Waals surface area contributed by atoms with Gasteiger partial charge in [-0.3, -0.25) is 4.68 Å². The SMILES string of the molecule is Cc1c(CNC(=O)N[C@H]2CC[C@H](Cc3ccccc3)C2)cnn1C. The van der Waals surface area contributed by atoms with Crippen LogP contribution < -0.4 is 10.6 Å². The normalized spacial score (nSPS) is 20.1. The van der Waals surface area contributed by atoms with Gasteiger partial charge in [0.2, 0.25) is 0 Å². The third-order valence-corrected chi connectivity index (χ3v) is 5.02. The maximum atomic E-state index is 12.1. The third-order valence-electron chi connectivity index (χ3n) is 5.02. The van der Waals surface area contributed by atoms with Crippen molar-refractivity contribution in [3.8, 4) is 0 Å². The molecule has 3 rings (SSSR count). The highest BCUT2D eigenvalue weighted by Gasteiger charge is 2.25. The summed E-state index contributed by atoms with van der Waals surface area (Å²) in [6, 6.07) is 10.8. The molecule has 5 heteroatoms. The summed E-state index contributed by atoms with van der Waals surface area (Å²) >= 11 is 0. The van der Waals surface area contributed by atoms with E-state index in [1.807, 2.05) is 18.7 Å². The second-order valence-corrected chi connectivity index (χ2v) is 6.77. The Morgan fingerprint density at radius 1 is 1.29 bits per heavy atom. The molecule has 2 aromatic rings. The number of carbonyl (C=O) groups is 1. The minimum Gasteiger partial charge on any atom is -0.335 e. The van der Waals surface area contributed by atoms with Gasteiger partial charge in [-0.2, -0.15) is 5.10 Å². The number of hydrogen-bond acceptors (Lipinski definition) is 2. The van der Waals surface area contributed by atoms with Gasteiger partial charge in [0.05, 0.1) is 6.20 Å². The number of benzene rings is 1. The van der Waals surface area contributed by atoms with Crippen LogP contribution in [0.5, 0.6) is 0 Å². The summed E-state index contributed by atoms with van der Waals surface area (Å²) in [6.45, 7) is 2.53. The van der Waals surface area contributed by atoms with Crippen molar-refractivity contribution in [2.45, 2.75) is 45.2 Å². The molecule has 128 valence electrons. The van der Waals surface area contributed by atoms with Crippen LogP contribution in [-0.4, -0.2) is 21.9 Å². The molecule has 0 aliphatic heterocycles. The van der Waals surface area contributed by atoms with Crippen LogP contribution in [0.3, 0.4) is 0 Å². The smallest absolute Gasteiger partial charge is 0.315 e. The number of aromatic nitrogens is 2. The summed E-state index contributed by atoms with van der Waals surface area (Å²) in [7, 11) is 1.91. The molecule has 0 spiro atoms. The zero-order valence-corrected chi connectivity index (χ0v) is 14.5. The lowest BCUT2D eigenvalue weighted by Gasteiger charge is -2.14. The Balaban J connectivity index is 1.42. The lowest BCUT2D eigenvalue weighted by Crippen LogP contribution is -2.40.